The first-order chi connectivity index (χ1) is 8.79. The lowest BCUT2D eigenvalue weighted by Gasteiger charge is -2.44. The van der Waals surface area contributed by atoms with Gasteiger partial charge in [-0.2, -0.15) is 0 Å². The summed E-state index contributed by atoms with van der Waals surface area (Å²) in [6.07, 6.45) is 9.24. The first-order valence-corrected chi connectivity index (χ1v) is 7.81. The topological polar surface area (TPSA) is 38.5 Å². The third-order valence-electron chi connectivity index (χ3n) is 4.75. The minimum Gasteiger partial charge on any atom is -0.381 e. The van der Waals surface area contributed by atoms with Crippen molar-refractivity contribution in [3.05, 3.63) is 0 Å². The summed E-state index contributed by atoms with van der Waals surface area (Å²) in [7, 11) is 0. The maximum Gasteiger partial charge on any atom is 0.0546 e. The van der Waals surface area contributed by atoms with Crippen LogP contribution in [0.5, 0.6) is 0 Å². The molecule has 2 saturated heterocycles. The highest BCUT2D eigenvalue weighted by atomic mass is 16.5. The molecule has 2 heterocycles. The molecule has 3 nitrogen and oxygen atoms in total. The van der Waals surface area contributed by atoms with Gasteiger partial charge in [-0.3, -0.25) is 4.90 Å². The Labute approximate surface area is 112 Å². The third-order valence-corrected chi connectivity index (χ3v) is 4.75. The first-order valence-electron chi connectivity index (χ1n) is 7.81. The standard InChI is InChI=1S/C15H30N2O/c1-2-6-14-7-3-4-9-17(14)12-15(11-16)8-5-10-18-13-15/h14H,2-13,16H2,1H3. The van der Waals surface area contributed by atoms with Gasteiger partial charge in [0.05, 0.1) is 6.61 Å². The van der Waals surface area contributed by atoms with Crippen molar-refractivity contribution in [2.75, 3.05) is 32.8 Å². The van der Waals surface area contributed by atoms with Crippen LogP contribution in [0.25, 0.3) is 0 Å². The van der Waals surface area contributed by atoms with E-state index in [0.717, 1.165) is 32.3 Å². The highest BCUT2D eigenvalue weighted by Gasteiger charge is 2.35. The van der Waals surface area contributed by atoms with Gasteiger partial charge in [0, 0.05) is 31.2 Å². The molecule has 106 valence electrons. The number of hydrogen-bond donors (Lipinski definition) is 1. The number of nitrogens with two attached hydrogens (primary N) is 1. The van der Waals surface area contributed by atoms with E-state index in [2.05, 4.69) is 11.8 Å². The molecule has 2 aliphatic heterocycles. The van der Waals surface area contributed by atoms with E-state index in [1.807, 2.05) is 0 Å². The summed E-state index contributed by atoms with van der Waals surface area (Å²) in [4.78, 5) is 2.72. The van der Waals surface area contributed by atoms with Crippen molar-refractivity contribution in [2.45, 2.75) is 57.9 Å². The number of rotatable bonds is 5. The van der Waals surface area contributed by atoms with Crippen LogP contribution in [0.1, 0.15) is 51.9 Å². The summed E-state index contributed by atoms with van der Waals surface area (Å²) in [6.45, 7) is 7.32. The van der Waals surface area contributed by atoms with Crippen LogP contribution >= 0.6 is 0 Å². The predicted molar refractivity (Wildman–Crippen MR) is 75.7 cm³/mol. The minimum absolute atomic E-state index is 0.238. The van der Waals surface area contributed by atoms with Crippen molar-refractivity contribution in [1.29, 1.82) is 0 Å². The van der Waals surface area contributed by atoms with Gasteiger partial charge in [0.2, 0.25) is 0 Å². The largest absolute Gasteiger partial charge is 0.381 e. The number of ether oxygens (including phenoxy) is 1. The first kappa shape index (κ1) is 14.3. The van der Waals surface area contributed by atoms with Gasteiger partial charge < -0.3 is 10.5 Å². The van der Waals surface area contributed by atoms with E-state index < -0.39 is 0 Å². The van der Waals surface area contributed by atoms with Crippen LogP contribution in [0.15, 0.2) is 0 Å². The van der Waals surface area contributed by atoms with E-state index in [-0.39, 0.29) is 5.41 Å². The van der Waals surface area contributed by atoms with Gasteiger partial charge >= 0.3 is 0 Å². The van der Waals surface area contributed by atoms with Crippen LogP contribution in [0, 0.1) is 5.41 Å². The lowest BCUT2D eigenvalue weighted by molar-refractivity contribution is -0.0343. The Morgan fingerprint density at radius 1 is 1.33 bits per heavy atom. The Bertz CT molecular complexity index is 237. The molecule has 2 N–H and O–H groups in total. The molecule has 0 amide bonds. The normalized spacial score (nSPS) is 34.7. The molecule has 0 aromatic rings. The fourth-order valence-corrected chi connectivity index (χ4v) is 3.62. The molecule has 0 radical (unpaired) electrons. The second-order valence-electron chi connectivity index (χ2n) is 6.27. The van der Waals surface area contributed by atoms with Crippen LogP contribution < -0.4 is 5.73 Å². The van der Waals surface area contributed by atoms with E-state index in [1.54, 1.807) is 0 Å². The van der Waals surface area contributed by atoms with E-state index in [1.165, 1.54) is 51.5 Å². The summed E-state index contributed by atoms with van der Waals surface area (Å²) in [5.74, 6) is 0. The molecule has 2 fully saturated rings. The average molecular weight is 254 g/mol. The molecule has 2 atom stereocenters. The SMILES string of the molecule is CCCC1CCCCN1CC1(CN)CCCOC1. The molecule has 2 rings (SSSR count). The van der Waals surface area contributed by atoms with Crippen molar-refractivity contribution in [2.24, 2.45) is 11.1 Å². The Morgan fingerprint density at radius 3 is 2.89 bits per heavy atom. The second kappa shape index (κ2) is 6.88. The summed E-state index contributed by atoms with van der Waals surface area (Å²) in [5, 5.41) is 0. The zero-order valence-corrected chi connectivity index (χ0v) is 12.0. The maximum atomic E-state index is 6.07. The Kier molecular flexibility index (Phi) is 5.46. The highest BCUT2D eigenvalue weighted by molar-refractivity contribution is 4.89. The molecular weight excluding hydrogens is 224 g/mol. The molecule has 0 aliphatic carbocycles. The van der Waals surface area contributed by atoms with Gasteiger partial charge in [-0.15, -0.1) is 0 Å². The molecule has 2 unspecified atom stereocenters. The van der Waals surface area contributed by atoms with Crippen molar-refractivity contribution in [3.8, 4) is 0 Å². The van der Waals surface area contributed by atoms with Crippen molar-refractivity contribution in [1.82, 2.24) is 4.90 Å². The van der Waals surface area contributed by atoms with Crippen LogP contribution in [0.4, 0.5) is 0 Å². The van der Waals surface area contributed by atoms with Crippen LogP contribution in [0.2, 0.25) is 0 Å². The number of nitrogens with zero attached hydrogens (tertiary/aromatic N) is 1. The summed E-state index contributed by atoms with van der Waals surface area (Å²) in [5.41, 5.74) is 6.31. The Hall–Kier alpha value is -0.120. The molecule has 18 heavy (non-hydrogen) atoms. The number of piperidine rings is 1. The third kappa shape index (κ3) is 3.46. The van der Waals surface area contributed by atoms with Crippen LogP contribution in [-0.2, 0) is 4.74 Å². The highest BCUT2D eigenvalue weighted by Crippen LogP contribution is 2.32. The molecule has 3 heteroatoms. The second-order valence-corrected chi connectivity index (χ2v) is 6.27. The molecule has 0 bridgehead atoms. The lowest BCUT2D eigenvalue weighted by atomic mass is 9.81. The zero-order chi connectivity index (χ0) is 12.8. The number of likely N-dealkylation sites (tertiary alicyclic amines) is 1. The van der Waals surface area contributed by atoms with Crippen molar-refractivity contribution in [3.63, 3.8) is 0 Å². The van der Waals surface area contributed by atoms with Gasteiger partial charge in [-0.1, -0.05) is 19.8 Å². The predicted octanol–water partition coefficient (Wildman–Crippen LogP) is 2.40. The monoisotopic (exact) mass is 254 g/mol. The Morgan fingerprint density at radius 2 is 2.22 bits per heavy atom. The fraction of sp³-hybridized carbons (Fsp3) is 1.00. The summed E-state index contributed by atoms with van der Waals surface area (Å²) < 4.78 is 5.71. The van der Waals surface area contributed by atoms with E-state index in [9.17, 15) is 0 Å². The number of hydrogen-bond acceptors (Lipinski definition) is 3. The fourth-order valence-electron chi connectivity index (χ4n) is 3.62. The van der Waals surface area contributed by atoms with Gasteiger partial charge in [-0.05, 0) is 38.6 Å². The maximum absolute atomic E-state index is 6.07. The smallest absolute Gasteiger partial charge is 0.0546 e. The lowest BCUT2D eigenvalue weighted by Crippen LogP contribution is -2.51. The van der Waals surface area contributed by atoms with Gasteiger partial charge in [-0.25, -0.2) is 0 Å². The van der Waals surface area contributed by atoms with Gasteiger partial charge in [0.15, 0.2) is 0 Å². The summed E-state index contributed by atoms with van der Waals surface area (Å²) >= 11 is 0. The van der Waals surface area contributed by atoms with Gasteiger partial charge in [0.25, 0.3) is 0 Å². The average Bonchev–Trinajstić information content (AvgIpc) is 2.42. The van der Waals surface area contributed by atoms with E-state index in [4.69, 9.17) is 10.5 Å². The molecule has 2 aliphatic rings. The zero-order valence-electron chi connectivity index (χ0n) is 12.0. The van der Waals surface area contributed by atoms with E-state index in [0.29, 0.717) is 0 Å². The van der Waals surface area contributed by atoms with Crippen molar-refractivity contribution >= 4 is 0 Å². The van der Waals surface area contributed by atoms with Crippen molar-refractivity contribution < 1.29 is 4.74 Å². The minimum atomic E-state index is 0.238. The van der Waals surface area contributed by atoms with Crippen LogP contribution in [0.3, 0.4) is 0 Å². The van der Waals surface area contributed by atoms with Crippen LogP contribution in [-0.4, -0.2) is 43.8 Å². The quantitative estimate of drug-likeness (QED) is 0.819. The molecular formula is C15H30N2O. The molecule has 0 aromatic heterocycles. The Balaban J connectivity index is 1.95. The van der Waals surface area contributed by atoms with E-state index >= 15 is 0 Å². The molecule has 0 aromatic carbocycles. The van der Waals surface area contributed by atoms with Gasteiger partial charge in [0.1, 0.15) is 0 Å². The molecule has 0 spiro atoms. The molecule has 0 saturated carbocycles. The summed E-state index contributed by atoms with van der Waals surface area (Å²) in [6, 6.07) is 0.800.